The van der Waals surface area contributed by atoms with Crippen molar-refractivity contribution in [2.24, 2.45) is 11.7 Å². The highest BCUT2D eigenvalue weighted by atomic mass is 16.1. The molecule has 100 valence electrons. The topological polar surface area (TPSA) is 58.4 Å². The van der Waals surface area contributed by atoms with Crippen LogP contribution in [0.25, 0.3) is 0 Å². The van der Waals surface area contributed by atoms with E-state index in [0.717, 1.165) is 0 Å². The van der Waals surface area contributed by atoms with Crippen LogP contribution in [0.2, 0.25) is 0 Å². The van der Waals surface area contributed by atoms with E-state index in [4.69, 9.17) is 5.73 Å². The smallest absolute Gasteiger partial charge is 0.224 e. The van der Waals surface area contributed by atoms with Gasteiger partial charge in [-0.15, -0.1) is 0 Å². The van der Waals surface area contributed by atoms with E-state index in [1.54, 1.807) is 0 Å². The van der Waals surface area contributed by atoms with E-state index in [1.165, 1.54) is 5.56 Å². The number of carbonyl (C=O) groups excluding carboxylic acids is 1. The van der Waals surface area contributed by atoms with E-state index in [1.807, 2.05) is 39.2 Å². The zero-order chi connectivity index (χ0) is 13.5. The third-order valence-electron chi connectivity index (χ3n) is 3.08. The monoisotopic (exact) mass is 249 g/mol. The van der Waals surface area contributed by atoms with Gasteiger partial charge < -0.3 is 16.0 Å². The second kappa shape index (κ2) is 7.13. The molecule has 0 aliphatic rings. The average Bonchev–Trinajstić information content (AvgIpc) is 2.38. The Balaban J connectivity index is 2.63. The molecule has 0 aliphatic heterocycles. The fraction of sp³-hybridized carbons (Fsp3) is 0.500. The van der Waals surface area contributed by atoms with Crippen LogP contribution in [0.15, 0.2) is 30.3 Å². The Hall–Kier alpha value is -1.39. The summed E-state index contributed by atoms with van der Waals surface area (Å²) in [5, 5.41) is 2.95. The Bertz CT molecular complexity index is 365. The zero-order valence-electron chi connectivity index (χ0n) is 11.4. The lowest BCUT2D eigenvalue weighted by Crippen LogP contribution is -2.38. The third kappa shape index (κ3) is 4.13. The Morgan fingerprint density at radius 3 is 2.44 bits per heavy atom. The molecule has 2 unspecified atom stereocenters. The molecular weight excluding hydrogens is 226 g/mol. The van der Waals surface area contributed by atoms with Crippen molar-refractivity contribution in [3.63, 3.8) is 0 Å². The fourth-order valence-electron chi connectivity index (χ4n) is 1.75. The zero-order valence-corrected chi connectivity index (χ0v) is 11.4. The van der Waals surface area contributed by atoms with E-state index < -0.39 is 0 Å². The molecule has 1 aromatic rings. The number of nitrogens with zero attached hydrogens (tertiary/aromatic N) is 1. The summed E-state index contributed by atoms with van der Waals surface area (Å²) in [4.78, 5) is 13.8. The minimum absolute atomic E-state index is 0.0141. The van der Waals surface area contributed by atoms with Gasteiger partial charge in [0.1, 0.15) is 0 Å². The Labute approximate surface area is 109 Å². The Morgan fingerprint density at radius 2 is 1.94 bits per heavy atom. The molecular formula is C14H23N3O. The minimum atomic E-state index is -0.136. The fourth-order valence-corrected chi connectivity index (χ4v) is 1.75. The van der Waals surface area contributed by atoms with E-state index in [2.05, 4.69) is 22.3 Å². The Kier molecular flexibility index (Phi) is 5.82. The van der Waals surface area contributed by atoms with Crippen LogP contribution in [-0.4, -0.2) is 38.0 Å². The van der Waals surface area contributed by atoms with Crippen LogP contribution in [0.3, 0.4) is 0 Å². The highest BCUT2D eigenvalue weighted by Crippen LogP contribution is 2.16. The lowest BCUT2D eigenvalue weighted by atomic mass is 10.1. The first kappa shape index (κ1) is 14.7. The van der Waals surface area contributed by atoms with E-state index >= 15 is 0 Å². The summed E-state index contributed by atoms with van der Waals surface area (Å²) in [7, 11) is 4.02. The lowest BCUT2D eigenvalue weighted by molar-refractivity contribution is -0.124. The minimum Gasteiger partial charge on any atom is -0.354 e. The largest absolute Gasteiger partial charge is 0.354 e. The number of likely N-dealkylation sites (N-methyl/N-ethyl adjacent to an activating group) is 1. The number of carbonyl (C=O) groups is 1. The van der Waals surface area contributed by atoms with Gasteiger partial charge in [-0.2, -0.15) is 0 Å². The number of hydrogen-bond acceptors (Lipinski definition) is 3. The normalized spacial score (nSPS) is 14.3. The van der Waals surface area contributed by atoms with Gasteiger partial charge in [-0.3, -0.25) is 4.79 Å². The lowest BCUT2D eigenvalue weighted by Gasteiger charge is -2.25. The summed E-state index contributed by atoms with van der Waals surface area (Å²) in [6.07, 6.45) is 0. The second-order valence-electron chi connectivity index (χ2n) is 4.77. The van der Waals surface area contributed by atoms with Crippen molar-refractivity contribution in [3.05, 3.63) is 35.9 Å². The number of benzene rings is 1. The summed E-state index contributed by atoms with van der Waals surface area (Å²) in [5.41, 5.74) is 6.68. The molecule has 4 nitrogen and oxygen atoms in total. The number of nitrogens with one attached hydrogen (secondary N) is 1. The van der Waals surface area contributed by atoms with Crippen LogP contribution in [0, 0.1) is 5.92 Å². The van der Waals surface area contributed by atoms with Gasteiger partial charge in [0.15, 0.2) is 0 Å². The van der Waals surface area contributed by atoms with Gasteiger partial charge in [0.25, 0.3) is 0 Å². The Morgan fingerprint density at radius 1 is 1.33 bits per heavy atom. The molecule has 2 atom stereocenters. The van der Waals surface area contributed by atoms with E-state index in [9.17, 15) is 4.79 Å². The maximum atomic E-state index is 11.7. The van der Waals surface area contributed by atoms with Gasteiger partial charge in [0.2, 0.25) is 5.91 Å². The second-order valence-corrected chi connectivity index (χ2v) is 4.77. The molecule has 0 aliphatic carbocycles. The van der Waals surface area contributed by atoms with Crippen LogP contribution in [0.5, 0.6) is 0 Å². The SMILES string of the molecule is CC(CN)C(=O)NCC(c1ccccc1)N(C)C. The first-order chi connectivity index (χ1) is 8.56. The molecule has 0 bridgehead atoms. The standard InChI is InChI=1S/C14H23N3O/c1-11(9-15)14(18)16-10-13(17(2)3)12-7-5-4-6-8-12/h4-8,11,13H,9-10,15H2,1-3H3,(H,16,18). The highest BCUT2D eigenvalue weighted by Gasteiger charge is 2.16. The molecule has 1 amide bonds. The van der Waals surface area contributed by atoms with Crippen molar-refractivity contribution in [2.75, 3.05) is 27.2 Å². The van der Waals surface area contributed by atoms with Crippen molar-refractivity contribution in [1.82, 2.24) is 10.2 Å². The molecule has 4 heteroatoms. The average molecular weight is 249 g/mol. The third-order valence-corrected chi connectivity index (χ3v) is 3.08. The van der Waals surface area contributed by atoms with Gasteiger partial charge >= 0.3 is 0 Å². The maximum Gasteiger partial charge on any atom is 0.224 e. The summed E-state index contributed by atoms with van der Waals surface area (Å²) in [6, 6.07) is 10.3. The predicted octanol–water partition coefficient (Wildman–Crippen LogP) is 1.00. The maximum absolute atomic E-state index is 11.7. The van der Waals surface area contributed by atoms with Crippen LogP contribution < -0.4 is 11.1 Å². The molecule has 0 heterocycles. The highest BCUT2D eigenvalue weighted by molar-refractivity contribution is 5.78. The summed E-state index contributed by atoms with van der Waals surface area (Å²) in [6.45, 7) is 2.81. The van der Waals surface area contributed by atoms with Gasteiger partial charge in [0.05, 0.1) is 6.04 Å². The van der Waals surface area contributed by atoms with Crippen molar-refractivity contribution in [3.8, 4) is 0 Å². The van der Waals surface area contributed by atoms with Crippen molar-refractivity contribution < 1.29 is 4.79 Å². The van der Waals surface area contributed by atoms with Gasteiger partial charge in [-0.1, -0.05) is 37.3 Å². The first-order valence-electron chi connectivity index (χ1n) is 6.25. The van der Waals surface area contributed by atoms with Gasteiger partial charge in [-0.05, 0) is 19.7 Å². The number of hydrogen-bond donors (Lipinski definition) is 2. The summed E-state index contributed by atoms with van der Waals surface area (Å²) >= 11 is 0. The number of rotatable bonds is 6. The number of nitrogens with two attached hydrogens (primary N) is 1. The van der Waals surface area contributed by atoms with Crippen molar-refractivity contribution in [1.29, 1.82) is 0 Å². The predicted molar refractivity (Wildman–Crippen MR) is 74.1 cm³/mol. The molecule has 0 saturated heterocycles. The molecule has 1 aromatic carbocycles. The van der Waals surface area contributed by atoms with Crippen LogP contribution in [0.4, 0.5) is 0 Å². The van der Waals surface area contributed by atoms with Crippen LogP contribution >= 0.6 is 0 Å². The molecule has 0 spiro atoms. The van der Waals surface area contributed by atoms with E-state index in [-0.39, 0.29) is 17.9 Å². The first-order valence-corrected chi connectivity index (χ1v) is 6.25. The van der Waals surface area contributed by atoms with Gasteiger partial charge in [-0.25, -0.2) is 0 Å². The summed E-state index contributed by atoms with van der Waals surface area (Å²) < 4.78 is 0. The molecule has 0 saturated carbocycles. The van der Waals surface area contributed by atoms with Crippen LogP contribution in [-0.2, 0) is 4.79 Å². The van der Waals surface area contributed by atoms with Crippen LogP contribution in [0.1, 0.15) is 18.5 Å². The molecule has 18 heavy (non-hydrogen) atoms. The van der Waals surface area contributed by atoms with Crippen molar-refractivity contribution in [2.45, 2.75) is 13.0 Å². The molecule has 1 rings (SSSR count). The van der Waals surface area contributed by atoms with E-state index in [0.29, 0.717) is 13.1 Å². The summed E-state index contributed by atoms with van der Waals surface area (Å²) in [5.74, 6) is -0.121. The molecule has 0 radical (unpaired) electrons. The van der Waals surface area contributed by atoms with Crippen molar-refractivity contribution >= 4 is 5.91 Å². The molecule has 0 fully saturated rings. The van der Waals surface area contributed by atoms with Gasteiger partial charge in [0, 0.05) is 19.0 Å². The number of amides is 1. The molecule has 0 aromatic heterocycles. The molecule has 3 N–H and O–H groups in total. The quantitative estimate of drug-likeness (QED) is 0.791.